The number of aryl methyl sites for hydroxylation is 2. The fourth-order valence-corrected chi connectivity index (χ4v) is 4.15. The predicted molar refractivity (Wildman–Crippen MR) is 113 cm³/mol. The zero-order valence-electron chi connectivity index (χ0n) is 17.3. The van der Waals surface area contributed by atoms with Gasteiger partial charge in [0.2, 0.25) is 0 Å². The molecule has 1 aliphatic heterocycles. The van der Waals surface area contributed by atoms with Gasteiger partial charge in [0.15, 0.2) is 0 Å². The first-order chi connectivity index (χ1) is 14.5. The minimum Gasteiger partial charge on any atom is -0.507 e. The fraction of sp³-hybridized carbons (Fsp3) is 0.304. The highest BCUT2D eigenvalue weighted by Gasteiger charge is 2.42. The number of methoxy groups -OCH3 is 1. The van der Waals surface area contributed by atoms with Gasteiger partial charge < -0.3 is 19.8 Å². The lowest BCUT2D eigenvalue weighted by atomic mass is 9.94. The number of phenolic OH excluding ortho intramolecular Hbond substituents is 1. The van der Waals surface area contributed by atoms with Crippen LogP contribution in [-0.4, -0.2) is 51.5 Å². The van der Waals surface area contributed by atoms with E-state index in [-0.39, 0.29) is 24.3 Å². The van der Waals surface area contributed by atoms with Gasteiger partial charge in [0.1, 0.15) is 22.9 Å². The van der Waals surface area contributed by atoms with E-state index in [1.54, 1.807) is 12.0 Å². The Bertz CT molecular complexity index is 1090. The van der Waals surface area contributed by atoms with E-state index in [1.807, 2.05) is 50.2 Å². The highest BCUT2D eigenvalue weighted by atomic mass is 16.5. The van der Waals surface area contributed by atoms with Gasteiger partial charge in [0, 0.05) is 24.3 Å². The van der Waals surface area contributed by atoms with Gasteiger partial charge in [-0.3, -0.25) is 9.89 Å². The van der Waals surface area contributed by atoms with E-state index in [0.29, 0.717) is 29.9 Å². The number of carbonyl (C=O) groups excluding carboxylic acids is 1. The summed E-state index contributed by atoms with van der Waals surface area (Å²) < 4.78 is 5.27. The van der Waals surface area contributed by atoms with Crippen LogP contribution in [0.5, 0.6) is 11.5 Å². The van der Waals surface area contributed by atoms with Gasteiger partial charge in [-0.15, -0.1) is 0 Å². The number of amides is 1. The molecule has 7 nitrogen and oxygen atoms in total. The lowest BCUT2D eigenvalue weighted by molar-refractivity contribution is 0.0732. The van der Waals surface area contributed by atoms with Crippen molar-refractivity contribution in [1.29, 1.82) is 0 Å². The van der Waals surface area contributed by atoms with Gasteiger partial charge in [0.05, 0.1) is 13.2 Å². The van der Waals surface area contributed by atoms with Crippen LogP contribution in [0.25, 0.3) is 11.3 Å². The van der Waals surface area contributed by atoms with Crippen molar-refractivity contribution in [3.05, 3.63) is 64.3 Å². The molecule has 7 heteroatoms. The topological polar surface area (TPSA) is 98.7 Å². The fourth-order valence-electron chi connectivity index (χ4n) is 4.15. The molecular formula is C23H25N3O4. The Morgan fingerprint density at radius 1 is 1.20 bits per heavy atom. The number of fused-ring (bicyclic) bond motifs is 1. The van der Waals surface area contributed by atoms with E-state index < -0.39 is 0 Å². The Kier molecular flexibility index (Phi) is 5.22. The van der Waals surface area contributed by atoms with Crippen LogP contribution in [0.2, 0.25) is 0 Å². The molecule has 0 bridgehead atoms. The number of H-pyrrole nitrogens is 1. The van der Waals surface area contributed by atoms with E-state index in [1.165, 1.54) is 0 Å². The third kappa shape index (κ3) is 3.21. The maximum Gasteiger partial charge on any atom is 0.273 e. The molecule has 0 saturated carbocycles. The predicted octanol–water partition coefficient (Wildman–Crippen LogP) is 3.34. The van der Waals surface area contributed by atoms with Crippen LogP contribution < -0.4 is 4.74 Å². The zero-order valence-corrected chi connectivity index (χ0v) is 17.3. The molecule has 0 spiro atoms. The average molecular weight is 407 g/mol. The molecule has 0 unspecified atom stereocenters. The number of hydrogen-bond acceptors (Lipinski definition) is 5. The standard InChI is InChI=1S/C23H25N3O4/c1-13-11-14(2)22(28)17(12-13)19-18-20(25-24-19)23(29)26(9-4-10-27)21(18)15-5-7-16(30-3)8-6-15/h5-8,11-12,21,27-28H,4,9-10H2,1-3H3,(H,24,25)/t21-/m1/s1. The number of hydrogen-bond donors (Lipinski definition) is 3. The first kappa shape index (κ1) is 20.0. The van der Waals surface area contributed by atoms with Crippen LogP contribution in [0.1, 0.15) is 45.2 Å². The summed E-state index contributed by atoms with van der Waals surface area (Å²) in [6.45, 7) is 4.21. The third-order valence-electron chi connectivity index (χ3n) is 5.55. The van der Waals surface area contributed by atoms with Crippen molar-refractivity contribution in [2.75, 3.05) is 20.3 Å². The van der Waals surface area contributed by atoms with Crippen LogP contribution >= 0.6 is 0 Å². The first-order valence-electron chi connectivity index (χ1n) is 9.90. The van der Waals surface area contributed by atoms with Gasteiger partial charge in [-0.25, -0.2) is 0 Å². The number of ether oxygens (including phenoxy) is 1. The number of aliphatic hydroxyl groups is 1. The van der Waals surface area contributed by atoms with Gasteiger partial charge >= 0.3 is 0 Å². The molecule has 0 radical (unpaired) electrons. The summed E-state index contributed by atoms with van der Waals surface area (Å²) in [5.74, 6) is 0.719. The molecule has 1 aromatic heterocycles. The molecule has 1 atom stereocenters. The highest BCUT2D eigenvalue weighted by molar-refractivity contribution is 6.00. The number of aromatic nitrogens is 2. The summed E-state index contributed by atoms with van der Waals surface area (Å²) >= 11 is 0. The highest BCUT2D eigenvalue weighted by Crippen LogP contribution is 2.45. The quantitative estimate of drug-likeness (QED) is 0.582. The number of benzene rings is 2. The molecule has 30 heavy (non-hydrogen) atoms. The molecule has 2 aromatic carbocycles. The van der Waals surface area contributed by atoms with Crippen molar-refractivity contribution in [2.45, 2.75) is 26.3 Å². The molecule has 0 aliphatic carbocycles. The lowest BCUT2D eigenvalue weighted by Crippen LogP contribution is -2.31. The van der Waals surface area contributed by atoms with Crippen molar-refractivity contribution in [3.8, 4) is 22.8 Å². The Balaban J connectivity index is 1.89. The van der Waals surface area contributed by atoms with Gasteiger partial charge in [0.25, 0.3) is 5.91 Å². The summed E-state index contributed by atoms with van der Waals surface area (Å²) in [6, 6.07) is 11.0. The van der Waals surface area contributed by atoms with Crippen molar-refractivity contribution in [2.24, 2.45) is 0 Å². The molecule has 0 fully saturated rings. The molecular weight excluding hydrogens is 382 g/mol. The number of aromatic hydroxyl groups is 1. The van der Waals surface area contributed by atoms with Crippen molar-refractivity contribution in [3.63, 3.8) is 0 Å². The van der Waals surface area contributed by atoms with Crippen molar-refractivity contribution < 1.29 is 19.7 Å². The Morgan fingerprint density at radius 3 is 2.60 bits per heavy atom. The second kappa shape index (κ2) is 7.84. The van der Waals surface area contributed by atoms with E-state index in [9.17, 15) is 15.0 Å². The van der Waals surface area contributed by atoms with Crippen LogP contribution in [0.4, 0.5) is 0 Å². The first-order valence-corrected chi connectivity index (χ1v) is 9.90. The molecule has 0 saturated heterocycles. The maximum absolute atomic E-state index is 13.2. The minimum absolute atomic E-state index is 0.00395. The second-order valence-electron chi connectivity index (χ2n) is 7.59. The summed E-state index contributed by atoms with van der Waals surface area (Å²) in [4.78, 5) is 14.9. The van der Waals surface area contributed by atoms with Crippen molar-refractivity contribution >= 4 is 5.91 Å². The third-order valence-corrected chi connectivity index (χ3v) is 5.55. The number of aliphatic hydroxyl groups excluding tert-OH is 1. The van der Waals surface area contributed by atoms with E-state index >= 15 is 0 Å². The number of rotatable bonds is 6. The molecule has 1 aliphatic rings. The monoisotopic (exact) mass is 407 g/mol. The van der Waals surface area contributed by atoms with Crippen LogP contribution in [0.3, 0.4) is 0 Å². The number of phenols is 1. The molecule has 4 rings (SSSR count). The van der Waals surface area contributed by atoms with Gasteiger partial charge in [-0.1, -0.05) is 18.2 Å². The zero-order chi connectivity index (χ0) is 21.4. The summed E-state index contributed by atoms with van der Waals surface area (Å²) in [6.07, 6.45) is 0.472. The molecule has 3 aromatic rings. The number of carbonyl (C=O) groups is 1. The SMILES string of the molecule is COc1ccc([C@@H]2c3c(-c4cc(C)cc(C)c4O)n[nH]c3C(=O)N2CCCO)cc1. The minimum atomic E-state index is -0.376. The lowest BCUT2D eigenvalue weighted by Gasteiger charge is -2.26. The smallest absolute Gasteiger partial charge is 0.273 e. The Labute approximate surface area is 174 Å². The summed E-state index contributed by atoms with van der Waals surface area (Å²) in [5, 5.41) is 27.4. The van der Waals surface area contributed by atoms with E-state index in [0.717, 1.165) is 28.0 Å². The largest absolute Gasteiger partial charge is 0.507 e. The number of aromatic amines is 1. The van der Waals surface area contributed by atoms with Gasteiger partial charge in [-0.05, 0) is 55.2 Å². The van der Waals surface area contributed by atoms with Crippen LogP contribution in [0.15, 0.2) is 36.4 Å². The van der Waals surface area contributed by atoms with Crippen LogP contribution in [-0.2, 0) is 0 Å². The number of nitrogens with one attached hydrogen (secondary N) is 1. The Hall–Kier alpha value is -3.32. The number of nitrogens with zero attached hydrogens (tertiary/aromatic N) is 2. The van der Waals surface area contributed by atoms with E-state index in [4.69, 9.17) is 4.74 Å². The normalized spacial score (nSPS) is 15.5. The van der Waals surface area contributed by atoms with Gasteiger partial charge in [-0.2, -0.15) is 5.10 Å². The molecule has 3 N–H and O–H groups in total. The van der Waals surface area contributed by atoms with Crippen LogP contribution in [0, 0.1) is 13.8 Å². The average Bonchev–Trinajstić information content (AvgIpc) is 3.28. The van der Waals surface area contributed by atoms with Crippen molar-refractivity contribution in [1.82, 2.24) is 15.1 Å². The second-order valence-corrected chi connectivity index (χ2v) is 7.59. The molecule has 156 valence electrons. The summed E-state index contributed by atoms with van der Waals surface area (Å²) in [7, 11) is 1.61. The van der Waals surface area contributed by atoms with E-state index in [2.05, 4.69) is 10.2 Å². The Morgan fingerprint density at radius 2 is 1.93 bits per heavy atom. The molecule has 1 amide bonds. The summed E-state index contributed by atoms with van der Waals surface area (Å²) in [5.41, 5.74) is 4.98. The maximum atomic E-state index is 13.2. The molecule has 2 heterocycles.